The van der Waals surface area contributed by atoms with E-state index in [1.807, 2.05) is 4.90 Å². The molecule has 3 heterocycles. The van der Waals surface area contributed by atoms with Crippen LogP contribution in [0.25, 0.3) is 0 Å². The molecule has 0 N–H and O–H groups in total. The Balaban J connectivity index is 0.00000294. The van der Waals surface area contributed by atoms with Gasteiger partial charge in [-0.05, 0) is 80.3 Å². The van der Waals surface area contributed by atoms with Gasteiger partial charge < -0.3 is 14.7 Å². The molecule has 6 rings (SSSR count). The molecule has 2 aromatic rings. The molecule has 2 aromatic carbocycles. The molecular formula is C31H39ClFN3O2. The van der Waals surface area contributed by atoms with Gasteiger partial charge >= 0.3 is 0 Å². The van der Waals surface area contributed by atoms with Crippen molar-refractivity contribution >= 4 is 24.2 Å². The summed E-state index contributed by atoms with van der Waals surface area (Å²) in [5, 5.41) is 0. The molecule has 4 aliphatic rings. The zero-order valence-electron chi connectivity index (χ0n) is 22.1. The lowest BCUT2D eigenvalue weighted by Crippen LogP contribution is -2.46. The Bertz CT molecular complexity index is 1120. The summed E-state index contributed by atoms with van der Waals surface area (Å²) in [5.41, 5.74) is 2.08. The Morgan fingerprint density at radius 1 is 0.921 bits per heavy atom. The van der Waals surface area contributed by atoms with E-state index in [2.05, 4.69) is 40.1 Å². The second-order valence-electron chi connectivity index (χ2n) is 11.9. The molecule has 2 atom stereocenters. The van der Waals surface area contributed by atoms with Gasteiger partial charge in [0.05, 0.1) is 5.41 Å². The lowest BCUT2D eigenvalue weighted by Gasteiger charge is -2.39. The van der Waals surface area contributed by atoms with Gasteiger partial charge in [0, 0.05) is 45.1 Å². The van der Waals surface area contributed by atoms with E-state index in [0.717, 1.165) is 70.5 Å². The highest BCUT2D eigenvalue weighted by Gasteiger charge is 2.48. The zero-order valence-corrected chi connectivity index (χ0v) is 22.9. The van der Waals surface area contributed by atoms with E-state index in [1.165, 1.54) is 30.5 Å². The monoisotopic (exact) mass is 539 g/mol. The topological polar surface area (TPSA) is 43.9 Å². The third kappa shape index (κ3) is 5.76. The molecule has 2 unspecified atom stereocenters. The molecule has 38 heavy (non-hydrogen) atoms. The van der Waals surface area contributed by atoms with Crippen LogP contribution >= 0.6 is 12.4 Å². The number of likely N-dealkylation sites (tertiary alicyclic amines) is 3. The number of carbonyl (C=O) groups excluding carboxylic acids is 2. The molecule has 0 radical (unpaired) electrons. The van der Waals surface area contributed by atoms with E-state index in [9.17, 15) is 14.0 Å². The first-order chi connectivity index (χ1) is 18.0. The second kappa shape index (κ2) is 11.4. The van der Waals surface area contributed by atoms with Gasteiger partial charge in [-0.25, -0.2) is 4.39 Å². The molecule has 0 bridgehead atoms. The number of hydrogen-bond donors (Lipinski definition) is 0. The van der Waals surface area contributed by atoms with Crippen LogP contribution in [0.2, 0.25) is 0 Å². The minimum Gasteiger partial charge on any atom is -0.342 e. The number of piperidine rings is 1. The average molecular weight is 540 g/mol. The third-order valence-electron chi connectivity index (χ3n) is 9.38. The van der Waals surface area contributed by atoms with E-state index in [1.54, 1.807) is 12.1 Å². The fourth-order valence-corrected chi connectivity index (χ4v) is 6.85. The van der Waals surface area contributed by atoms with E-state index in [-0.39, 0.29) is 29.5 Å². The maximum atomic E-state index is 13.4. The van der Waals surface area contributed by atoms with Gasteiger partial charge in [0.2, 0.25) is 11.8 Å². The maximum Gasteiger partial charge on any atom is 0.229 e. The molecule has 1 saturated carbocycles. The summed E-state index contributed by atoms with van der Waals surface area (Å²) >= 11 is 0. The van der Waals surface area contributed by atoms with Gasteiger partial charge in [-0.2, -0.15) is 0 Å². The molecule has 4 fully saturated rings. The van der Waals surface area contributed by atoms with E-state index < -0.39 is 0 Å². The Labute approximate surface area is 231 Å². The van der Waals surface area contributed by atoms with Crippen LogP contribution in [-0.2, 0) is 16.1 Å². The fraction of sp³-hybridized carbons (Fsp3) is 0.548. The van der Waals surface area contributed by atoms with Gasteiger partial charge in [0.15, 0.2) is 0 Å². The normalized spacial score (nSPS) is 25.1. The van der Waals surface area contributed by atoms with Crippen molar-refractivity contribution in [3.05, 3.63) is 71.5 Å². The fourth-order valence-electron chi connectivity index (χ4n) is 6.85. The molecular weight excluding hydrogens is 501 g/mol. The summed E-state index contributed by atoms with van der Waals surface area (Å²) in [4.78, 5) is 33.0. The largest absolute Gasteiger partial charge is 0.342 e. The number of rotatable bonds is 7. The van der Waals surface area contributed by atoms with E-state index >= 15 is 0 Å². The van der Waals surface area contributed by atoms with Crippen LogP contribution in [0.1, 0.15) is 55.6 Å². The van der Waals surface area contributed by atoms with Crippen LogP contribution in [-0.4, -0.2) is 65.8 Å². The highest BCUT2D eigenvalue weighted by molar-refractivity contribution is 5.85. The summed E-state index contributed by atoms with van der Waals surface area (Å²) in [7, 11) is 0. The molecule has 2 amide bonds. The van der Waals surface area contributed by atoms with E-state index in [4.69, 9.17) is 0 Å². The van der Waals surface area contributed by atoms with Gasteiger partial charge in [0.25, 0.3) is 0 Å². The Kier molecular flexibility index (Phi) is 8.11. The van der Waals surface area contributed by atoms with Crippen LogP contribution in [0.4, 0.5) is 4.39 Å². The molecule has 1 spiro atoms. The van der Waals surface area contributed by atoms with Crippen LogP contribution in [0.3, 0.4) is 0 Å². The summed E-state index contributed by atoms with van der Waals surface area (Å²) < 4.78 is 13.3. The minimum absolute atomic E-state index is 0. The van der Waals surface area contributed by atoms with Crippen molar-refractivity contribution in [1.82, 2.24) is 14.7 Å². The molecule has 0 aromatic heterocycles. The molecule has 3 aliphatic heterocycles. The number of benzene rings is 2. The zero-order chi connectivity index (χ0) is 25.4. The predicted molar refractivity (Wildman–Crippen MR) is 148 cm³/mol. The number of nitrogens with zero attached hydrogens (tertiary/aromatic N) is 3. The molecule has 7 heteroatoms. The smallest absolute Gasteiger partial charge is 0.229 e. The van der Waals surface area contributed by atoms with Crippen LogP contribution in [0.5, 0.6) is 0 Å². The predicted octanol–water partition coefficient (Wildman–Crippen LogP) is 5.10. The van der Waals surface area contributed by atoms with Gasteiger partial charge in [-0.15, -0.1) is 12.4 Å². The van der Waals surface area contributed by atoms with Crippen molar-refractivity contribution < 1.29 is 14.0 Å². The quantitative estimate of drug-likeness (QED) is 0.491. The summed E-state index contributed by atoms with van der Waals surface area (Å²) in [6, 6.07) is 17.2. The van der Waals surface area contributed by atoms with Crippen LogP contribution in [0.15, 0.2) is 54.6 Å². The van der Waals surface area contributed by atoms with E-state index in [0.29, 0.717) is 30.2 Å². The summed E-state index contributed by atoms with van der Waals surface area (Å²) in [6.45, 7) is 5.87. The highest BCUT2D eigenvalue weighted by atomic mass is 35.5. The first-order valence-electron chi connectivity index (χ1n) is 14.1. The van der Waals surface area contributed by atoms with Crippen molar-refractivity contribution in [3.8, 4) is 0 Å². The highest BCUT2D eigenvalue weighted by Crippen LogP contribution is 2.43. The average Bonchev–Trinajstić information content (AvgIpc) is 3.56. The Morgan fingerprint density at radius 2 is 1.61 bits per heavy atom. The van der Waals surface area contributed by atoms with Gasteiger partial charge in [-0.1, -0.05) is 42.5 Å². The lowest BCUT2D eigenvalue weighted by atomic mass is 9.76. The Morgan fingerprint density at radius 3 is 2.29 bits per heavy atom. The van der Waals surface area contributed by atoms with Gasteiger partial charge in [-0.3, -0.25) is 9.59 Å². The maximum absolute atomic E-state index is 13.4. The number of halogens is 2. The minimum atomic E-state index is -0.243. The number of amides is 2. The van der Waals surface area contributed by atoms with Crippen molar-refractivity contribution in [2.45, 2.75) is 51.0 Å². The first kappa shape index (κ1) is 27.1. The number of hydrogen-bond acceptors (Lipinski definition) is 3. The standard InChI is InChI=1S/C31H38FN3O2.ClH/c32-27-10-8-24(9-11-27)19-34-17-14-31(30(34)37)12-15-33(16-13-31)20-26-21-35(29(36)18-23-6-7-23)22-28(26)25-4-2-1-3-5-25;/h1-5,8-11,23,26,28H,6-7,12-22H2;1H. The van der Waals surface area contributed by atoms with Gasteiger partial charge in [0.1, 0.15) is 5.82 Å². The first-order valence-corrected chi connectivity index (χ1v) is 14.1. The summed E-state index contributed by atoms with van der Waals surface area (Å²) in [5.74, 6) is 1.78. The van der Waals surface area contributed by atoms with Crippen molar-refractivity contribution in [2.75, 3.05) is 39.3 Å². The van der Waals surface area contributed by atoms with Crippen LogP contribution < -0.4 is 0 Å². The molecule has 1 aliphatic carbocycles. The SMILES string of the molecule is Cl.O=C(CC1CC1)N1CC(CN2CCC3(CC2)CCN(Cc2ccc(F)cc2)C3=O)C(c2ccccc2)C1. The lowest BCUT2D eigenvalue weighted by molar-refractivity contribution is -0.139. The van der Waals surface area contributed by atoms with Crippen molar-refractivity contribution in [1.29, 1.82) is 0 Å². The Hall–Kier alpha value is -2.44. The molecule has 204 valence electrons. The second-order valence-corrected chi connectivity index (χ2v) is 11.9. The summed E-state index contributed by atoms with van der Waals surface area (Å²) in [6.07, 6.45) is 5.86. The van der Waals surface area contributed by atoms with Crippen molar-refractivity contribution in [2.24, 2.45) is 17.3 Å². The van der Waals surface area contributed by atoms with Crippen molar-refractivity contribution in [3.63, 3.8) is 0 Å². The molecule has 5 nitrogen and oxygen atoms in total. The van der Waals surface area contributed by atoms with Crippen LogP contribution in [0, 0.1) is 23.1 Å². The molecule has 3 saturated heterocycles. The number of carbonyl (C=O) groups is 2. The third-order valence-corrected chi connectivity index (χ3v) is 9.38.